The summed E-state index contributed by atoms with van der Waals surface area (Å²) in [5.74, 6) is -0.986. The second-order valence-electron chi connectivity index (χ2n) is 4.07. The van der Waals surface area contributed by atoms with Crippen LogP contribution < -0.4 is 16.4 Å². The number of anilines is 1. The molecule has 4 N–H and O–H groups in total. The SMILES string of the molecule is CNCC(C)CNc1cccc(F)c1C(N)=O. The zero-order chi connectivity index (χ0) is 12.8. The molecule has 5 heteroatoms. The smallest absolute Gasteiger partial charge is 0.253 e. The van der Waals surface area contributed by atoms with E-state index < -0.39 is 11.7 Å². The number of carbonyl (C=O) groups is 1. The second-order valence-corrected chi connectivity index (χ2v) is 4.07. The van der Waals surface area contributed by atoms with Crippen LogP contribution in [0.25, 0.3) is 0 Å². The molecule has 94 valence electrons. The number of carbonyl (C=O) groups excluding carboxylic acids is 1. The first-order chi connectivity index (χ1) is 8.06. The molecule has 0 aliphatic carbocycles. The molecule has 0 radical (unpaired) electrons. The van der Waals surface area contributed by atoms with E-state index in [1.807, 2.05) is 14.0 Å². The minimum atomic E-state index is -0.758. The van der Waals surface area contributed by atoms with Gasteiger partial charge in [-0.15, -0.1) is 0 Å². The van der Waals surface area contributed by atoms with Crippen LogP contribution in [0.2, 0.25) is 0 Å². The molecule has 1 amide bonds. The van der Waals surface area contributed by atoms with Crippen molar-refractivity contribution < 1.29 is 9.18 Å². The molecule has 1 aromatic carbocycles. The van der Waals surface area contributed by atoms with E-state index >= 15 is 0 Å². The van der Waals surface area contributed by atoms with Gasteiger partial charge in [0.1, 0.15) is 5.82 Å². The Kier molecular flexibility index (Phi) is 4.90. The molecule has 1 rings (SSSR count). The summed E-state index contributed by atoms with van der Waals surface area (Å²) in [4.78, 5) is 11.1. The highest BCUT2D eigenvalue weighted by atomic mass is 19.1. The fourth-order valence-electron chi connectivity index (χ4n) is 1.63. The van der Waals surface area contributed by atoms with Crippen LogP contribution in [-0.2, 0) is 0 Å². The van der Waals surface area contributed by atoms with E-state index in [9.17, 15) is 9.18 Å². The van der Waals surface area contributed by atoms with Crippen LogP contribution in [0.5, 0.6) is 0 Å². The highest BCUT2D eigenvalue weighted by Crippen LogP contribution is 2.18. The Balaban J connectivity index is 2.77. The lowest BCUT2D eigenvalue weighted by molar-refractivity contribution is 0.0997. The Morgan fingerprint density at radius 3 is 2.76 bits per heavy atom. The van der Waals surface area contributed by atoms with Crippen LogP contribution in [0.4, 0.5) is 10.1 Å². The number of nitrogens with two attached hydrogens (primary N) is 1. The van der Waals surface area contributed by atoms with Crippen molar-refractivity contribution in [2.45, 2.75) is 6.92 Å². The molecule has 1 unspecified atom stereocenters. The average Bonchev–Trinajstić information content (AvgIpc) is 2.26. The van der Waals surface area contributed by atoms with Crippen LogP contribution in [0, 0.1) is 11.7 Å². The number of benzene rings is 1. The summed E-state index contributed by atoms with van der Waals surface area (Å²) in [5, 5.41) is 6.09. The van der Waals surface area contributed by atoms with E-state index in [0.29, 0.717) is 18.2 Å². The molecule has 0 aromatic heterocycles. The van der Waals surface area contributed by atoms with E-state index in [4.69, 9.17) is 5.73 Å². The van der Waals surface area contributed by atoms with Crippen molar-refractivity contribution in [3.05, 3.63) is 29.6 Å². The highest BCUT2D eigenvalue weighted by Gasteiger charge is 2.13. The van der Waals surface area contributed by atoms with Gasteiger partial charge in [-0.2, -0.15) is 0 Å². The van der Waals surface area contributed by atoms with Gasteiger partial charge in [0.15, 0.2) is 0 Å². The first-order valence-corrected chi connectivity index (χ1v) is 5.53. The summed E-state index contributed by atoms with van der Waals surface area (Å²) in [6.07, 6.45) is 0. The molecular weight excluding hydrogens is 221 g/mol. The van der Waals surface area contributed by atoms with Crippen molar-refractivity contribution in [3.63, 3.8) is 0 Å². The van der Waals surface area contributed by atoms with Crippen LogP contribution in [0.15, 0.2) is 18.2 Å². The molecule has 0 heterocycles. The average molecular weight is 239 g/mol. The Hall–Kier alpha value is -1.62. The third kappa shape index (κ3) is 3.71. The third-order valence-corrected chi connectivity index (χ3v) is 2.45. The van der Waals surface area contributed by atoms with E-state index in [-0.39, 0.29) is 5.56 Å². The Bertz CT molecular complexity index is 395. The number of amides is 1. The quantitative estimate of drug-likeness (QED) is 0.698. The molecule has 0 spiro atoms. The van der Waals surface area contributed by atoms with Gasteiger partial charge in [-0.1, -0.05) is 13.0 Å². The monoisotopic (exact) mass is 239 g/mol. The predicted molar refractivity (Wildman–Crippen MR) is 66.5 cm³/mol. The molecule has 0 saturated heterocycles. The van der Waals surface area contributed by atoms with Gasteiger partial charge in [0.25, 0.3) is 5.91 Å². The van der Waals surface area contributed by atoms with Crippen molar-refractivity contribution in [2.24, 2.45) is 11.7 Å². The maximum atomic E-state index is 13.4. The van der Waals surface area contributed by atoms with Gasteiger partial charge in [-0.25, -0.2) is 4.39 Å². The molecule has 17 heavy (non-hydrogen) atoms. The fourth-order valence-corrected chi connectivity index (χ4v) is 1.63. The highest BCUT2D eigenvalue weighted by molar-refractivity contribution is 5.98. The van der Waals surface area contributed by atoms with Crippen LogP contribution in [-0.4, -0.2) is 26.0 Å². The fraction of sp³-hybridized carbons (Fsp3) is 0.417. The van der Waals surface area contributed by atoms with Gasteiger partial charge in [-0.3, -0.25) is 4.79 Å². The predicted octanol–water partition coefficient (Wildman–Crippen LogP) is 1.19. The first kappa shape index (κ1) is 13.4. The summed E-state index contributed by atoms with van der Waals surface area (Å²) in [5.41, 5.74) is 5.51. The lowest BCUT2D eigenvalue weighted by Crippen LogP contribution is -2.24. The third-order valence-electron chi connectivity index (χ3n) is 2.45. The van der Waals surface area contributed by atoms with E-state index in [1.54, 1.807) is 12.1 Å². The molecule has 4 nitrogen and oxygen atoms in total. The van der Waals surface area contributed by atoms with E-state index in [0.717, 1.165) is 6.54 Å². The van der Waals surface area contributed by atoms with Crippen LogP contribution in [0.3, 0.4) is 0 Å². The summed E-state index contributed by atoms with van der Waals surface area (Å²) >= 11 is 0. The minimum Gasteiger partial charge on any atom is -0.384 e. The molecule has 0 aliphatic heterocycles. The van der Waals surface area contributed by atoms with Gasteiger partial charge < -0.3 is 16.4 Å². The number of primary amides is 1. The zero-order valence-electron chi connectivity index (χ0n) is 10.1. The van der Waals surface area contributed by atoms with Crippen molar-refractivity contribution in [3.8, 4) is 0 Å². The van der Waals surface area contributed by atoms with Gasteiger partial charge in [0.2, 0.25) is 0 Å². The van der Waals surface area contributed by atoms with Gasteiger partial charge in [-0.05, 0) is 31.6 Å². The minimum absolute atomic E-state index is 0.0795. The molecular formula is C12H18FN3O. The van der Waals surface area contributed by atoms with Gasteiger partial charge >= 0.3 is 0 Å². The van der Waals surface area contributed by atoms with Crippen molar-refractivity contribution >= 4 is 11.6 Å². The maximum absolute atomic E-state index is 13.4. The largest absolute Gasteiger partial charge is 0.384 e. The topological polar surface area (TPSA) is 67.2 Å². The van der Waals surface area contributed by atoms with Crippen molar-refractivity contribution in [2.75, 3.05) is 25.5 Å². The normalized spacial score (nSPS) is 12.2. The number of halogens is 1. The number of hydrogen-bond acceptors (Lipinski definition) is 3. The summed E-state index contributed by atoms with van der Waals surface area (Å²) < 4.78 is 13.4. The first-order valence-electron chi connectivity index (χ1n) is 5.53. The molecule has 0 bridgehead atoms. The lowest BCUT2D eigenvalue weighted by Gasteiger charge is -2.15. The van der Waals surface area contributed by atoms with E-state index in [1.165, 1.54) is 6.07 Å². The molecule has 1 atom stereocenters. The Morgan fingerprint density at radius 1 is 1.47 bits per heavy atom. The Morgan fingerprint density at radius 2 is 2.18 bits per heavy atom. The second kappa shape index (κ2) is 6.20. The molecule has 1 aromatic rings. The number of hydrogen-bond donors (Lipinski definition) is 3. The van der Waals surface area contributed by atoms with Crippen molar-refractivity contribution in [1.29, 1.82) is 0 Å². The van der Waals surface area contributed by atoms with Gasteiger partial charge in [0, 0.05) is 12.2 Å². The zero-order valence-corrected chi connectivity index (χ0v) is 10.1. The molecule has 0 aliphatic rings. The van der Waals surface area contributed by atoms with Crippen LogP contribution >= 0.6 is 0 Å². The van der Waals surface area contributed by atoms with E-state index in [2.05, 4.69) is 10.6 Å². The number of rotatable bonds is 6. The summed E-state index contributed by atoms with van der Waals surface area (Å²) in [6, 6.07) is 4.42. The van der Waals surface area contributed by atoms with Gasteiger partial charge in [0.05, 0.1) is 5.56 Å². The van der Waals surface area contributed by atoms with Crippen molar-refractivity contribution in [1.82, 2.24) is 5.32 Å². The lowest BCUT2D eigenvalue weighted by atomic mass is 10.1. The molecule has 0 saturated carbocycles. The Labute approximate surface area is 100 Å². The molecule has 0 fully saturated rings. The number of nitrogens with one attached hydrogen (secondary N) is 2. The van der Waals surface area contributed by atoms with Crippen LogP contribution in [0.1, 0.15) is 17.3 Å². The summed E-state index contributed by atoms with van der Waals surface area (Å²) in [7, 11) is 1.87. The maximum Gasteiger partial charge on any atom is 0.253 e. The standard InChI is InChI=1S/C12H18FN3O/c1-8(6-15-2)7-16-10-5-3-4-9(13)11(10)12(14)17/h3-5,8,15-16H,6-7H2,1-2H3,(H2,14,17). The summed E-state index contributed by atoms with van der Waals surface area (Å²) in [6.45, 7) is 3.53.